The van der Waals surface area contributed by atoms with Gasteiger partial charge in [-0.05, 0) is 19.4 Å². The summed E-state index contributed by atoms with van der Waals surface area (Å²) in [7, 11) is 1.43. The van der Waals surface area contributed by atoms with Crippen LogP contribution >= 0.6 is 0 Å². The number of carbonyl (C=O) groups excluding carboxylic acids is 1. The number of ether oxygens (including phenoxy) is 1. The molecule has 0 aromatic heterocycles. The van der Waals surface area contributed by atoms with Crippen molar-refractivity contribution in [1.82, 2.24) is 5.32 Å². The molecular weight excluding hydrogens is 130 g/mol. The molecule has 1 aliphatic heterocycles. The van der Waals surface area contributed by atoms with Crippen molar-refractivity contribution in [1.29, 1.82) is 0 Å². The molecule has 0 saturated carbocycles. The molecule has 1 N–H and O–H groups in total. The van der Waals surface area contributed by atoms with Gasteiger partial charge in [-0.25, -0.2) is 0 Å². The van der Waals surface area contributed by atoms with Crippen molar-refractivity contribution in [3.63, 3.8) is 0 Å². The fraction of sp³-hybridized carbons (Fsp3) is 0.857. The Morgan fingerprint density at radius 2 is 2.40 bits per heavy atom. The van der Waals surface area contributed by atoms with E-state index >= 15 is 0 Å². The molecule has 3 nitrogen and oxygen atoms in total. The van der Waals surface area contributed by atoms with Crippen LogP contribution in [0.4, 0.5) is 0 Å². The number of hydrogen-bond acceptors (Lipinski definition) is 3. The third kappa shape index (κ3) is 0.904. The zero-order chi connectivity index (χ0) is 7.61. The zero-order valence-corrected chi connectivity index (χ0v) is 6.44. The smallest absolute Gasteiger partial charge is 0.326 e. The number of rotatable bonds is 2. The molecule has 1 aliphatic rings. The summed E-state index contributed by atoms with van der Waals surface area (Å²) in [5.74, 6) is -0.124. The van der Waals surface area contributed by atoms with E-state index in [2.05, 4.69) is 10.1 Å². The average Bonchev–Trinajstić information content (AvgIpc) is 1.86. The van der Waals surface area contributed by atoms with E-state index in [1.165, 1.54) is 7.11 Å². The molecule has 0 aromatic rings. The van der Waals surface area contributed by atoms with Gasteiger partial charge in [0, 0.05) is 0 Å². The molecule has 3 heteroatoms. The van der Waals surface area contributed by atoms with Crippen molar-refractivity contribution in [2.24, 2.45) is 0 Å². The predicted molar refractivity (Wildman–Crippen MR) is 37.7 cm³/mol. The Hall–Kier alpha value is -0.570. The quantitative estimate of drug-likeness (QED) is 0.565. The van der Waals surface area contributed by atoms with Gasteiger partial charge in [0.15, 0.2) is 0 Å². The summed E-state index contributed by atoms with van der Waals surface area (Å²) in [6, 6.07) is 0. The molecule has 0 aromatic carbocycles. The van der Waals surface area contributed by atoms with Crippen LogP contribution in [0.25, 0.3) is 0 Å². The molecule has 0 aliphatic carbocycles. The van der Waals surface area contributed by atoms with Gasteiger partial charge < -0.3 is 10.1 Å². The number of methoxy groups -OCH3 is 1. The van der Waals surface area contributed by atoms with Gasteiger partial charge >= 0.3 is 5.97 Å². The second-order valence-electron chi connectivity index (χ2n) is 2.60. The van der Waals surface area contributed by atoms with E-state index < -0.39 is 0 Å². The first-order valence-electron chi connectivity index (χ1n) is 3.58. The van der Waals surface area contributed by atoms with Crippen LogP contribution in [0, 0.1) is 0 Å². The van der Waals surface area contributed by atoms with E-state index in [1.54, 1.807) is 0 Å². The maximum atomic E-state index is 11.1. The van der Waals surface area contributed by atoms with Gasteiger partial charge in [-0.2, -0.15) is 0 Å². The first-order chi connectivity index (χ1) is 4.75. The van der Waals surface area contributed by atoms with Gasteiger partial charge in [-0.15, -0.1) is 0 Å². The predicted octanol–water partition coefficient (Wildman–Crippen LogP) is 0.301. The van der Waals surface area contributed by atoms with E-state index in [0.717, 1.165) is 19.4 Å². The molecule has 1 fully saturated rings. The highest BCUT2D eigenvalue weighted by Crippen LogP contribution is 2.23. The van der Waals surface area contributed by atoms with Gasteiger partial charge in [0.05, 0.1) is 7.11 Å². The van der Waals surface area contributed by atoms with E-state index in [9.17, 15) is 4.79 Å². The highest BCUT2D eigenvalue weighted by Gasteiger charge is 2.42. The Morgan fingerprint density at radius 1 is 1.80 bits per heavy atom. The lowest BCUT2D eigenvalue weighted by Gasteiger charge is -2.39. The second kappa shape index (κ2) is 2.58. The minimum atomic E-state index is -0.339. The largest absolute Gasteiger partial charge is 0.468 e. The standard InChI is InChI=1S/C7H13NO2/c1-3-7(4-5-8-7)6(9)10-2/h8H,3-5H2,1-2H3. The van der Waals surface area contributed by atoms with E-state index in [4.69, 9.17) is 0 Å². The third-order valence-corrected chi connectivity index (χ3v) is 2.19. The minimum Gasteiger partial charge on any atom is -0.468 e. The van der Waals surface area contributed by atoms with Crippen LogP contribution < -0.4 is 5.32 Å². The van der Waals surface area contributed by atoms with Crippen molar-refractivity contribution in [3.8, 4) is 0 Å². The molecule has 1 rings (SSSR count). The summed E-state index contributed by atoms with van der Waals surface area (Å²) in [6.45, 7) is 2.92. The first-order valence-corrected chi connectivity index (χ1v) is 3.58. The van der Waals surface area contributed by atoms with Gasteiger partial charge in [0.1, 0.15) is 5.54 Å². The Labute approximate surface area is 60.7 Å². The minimum absolute atomic E-state index is 0.124. The lowest BCUT2D eigenvalue weighted by atomic mass is 9.85. The highest BCUT2D eigenvalue weighted by molar-refractivity contribution is 5.81. The third-order valence-electron chi connectivity index (χ3n) is 2.19. The molecule has 1 unspecified atom stereocenters. The molecule has 58 valence electrons. The first kappa shape index (κ1) is 7.54. The second-order valence-corrected chi connectivity index (χ2v) is 2.60. The zero-order valence-electron chi connectivity index (χ0n) is 6.44. The summed E-state index contributed by atoms with van der Waals surface area (Å²) in [5.41, 5.74) is -0.339. The Kier molecular flexibility index (Phi) is 1.94. The fourth-order valence-corrected chi connectivity index (χ4v) is 1.24. The molecule has 0 spiro atoms. The normalized spacial score (nSPS) is 31.0. The Morgan fingerprint density at radius 3 is 2.50 bits per heavy atom. The molecule has 0 bridgehead atoms. The van der Waals surface area contributed by atoms with E-state index in [0.29, 0.717) is 0 Å². The van der Waals surface area contributed by atoms with Gasteiger partial charge in [0.2, 0.25) is 0 Å². The van der Waals surface area contributed by atoms with Crippen LogP contribution in [0.5, 0.6) is 0 Å². The molecular formula is C7H13NO2. The molecule has 1 saturated heterocycles. The number of nitrogens with one attached hydrogen (secondary N) is 1. The number of esters is 1. The van der Waals surface area contributed by atoms with Crippen LogP contribution in [0.2, 0.25) is 0 Å². The molecule has 1 atom stereocenters. The highest BCUT2D eigenvalue weighted by atomic mass is 16.5. The number of hydrogen-bond donors (Lipinski definition) is 1. The molecule has 0 amide bonds. The summed E-state index contributed by atoms with van der Waals surface area (Å²) >= 11 is 0. The Bertz CT molecular complexity index is 135. The van der Waals surface area contributed by atoms with Gasteiger partial charge in [-0.1, -0.05) is 6.92 Å². The monoisotopic (exact) mass is 143 g/mol. The lowest BCUT2D eigenvalue weighted by molar-refractivity contribution is -0.152. The van der Waals surface area contributed by atoms with Crippen molar-refractivity contribution in [2.75, 3.05) is 13.7 Å². The molecule has 0 radical (unpaired) electrons. The Balaban J connectivity index is 2.55. The van der Waals surface area contributed by atoms with Crippen LogP contribution in [-0.4, -0.2) is 25.2 Å². The maximum absolute atomic E-state index is 11.1. The van der Waals surface area contributed by atoms with E-state index in [-0.39, 0.29) is 11.5 Å². The number of carbonyl (C=O) groups is 1. The summed E-state index contributed by atoms with van der Waals surface area (Å²) in [5, 5.41) is 3.08. The molecule has 10 heavy (non-hydrogen) atoms. The molecule has 1 heterocycles. The lowest BCUT2D eigenvalue weighted by Crippen LogP contribution is -2.62. The summed E-state index contributed by atoms with van der Waals surface area (Å²) < 4.78 is 4.65. The van der Waals surface area contributed by atoms with Crippen molar-refractivity contribution in [2.45, 2.75) is 25.3 Å². The summed E-state index contributed by atoms with van der Waals surface area (Å²) in [6.07, 6.45) is 1.73. The van der Waals surface area contributed by atoms with Crippen LogP contribution in [0.3, 0.4) is 0 Å². The van der Waals surface area contributed by atoms with Gasteiger partial charge in [0.25, 0.3) is 0 Å². The van der Waals surface area contributed by atoms with Crippen LogP contribution in [0.1, 0.15) is 19.8 Å². The van der Waals surface area contributed by atoms with Crippen LogP contribution in [0.15, 0.2) is 0 Å². The van der Waals surface area contributed by atoms with Crippen molar-refractivity contribution in [3.05, 3.63) is 0 Å². The van der Waals surface area contributed by atoms with Gasteiger partial charge in [-0.3, -0.25) is 4.79 Å². The van der Waals surface area contributed by atoms with Crippen LogP contribution in [-0.2, 0) is 9.53 Å². The maximum Gasteiger partial charge on any atom is 0.326 e. The average molecular weight is 143 g/mol. The SMILES string of the molecule is CCC1(C(=O)OC)CCN1. The van der Waals surface area contributed by atoms with Crippen molar-refractivity contribution < 1.29 is 9.53 Å². The van der Waals surface area contributed by atoms with Crippen molar-refractivity contribution >= 4 is 5.97 Å². The summed E-state index contributed by atoms with van der Waals surface area (Å²) in [4.78, 5) is 11.1. The topological polar surface area (TPSA) is 38.3 Å². The fourth-order valence-electron chi connectivity index (χ4n) is 1.24. The van der Waals surface area contributed by atoms with E-state index in [1.807, 2.05) is 6.92 Å².